The standard InChI is InChI=1S/C25H29NO2/c1-5-11-24(12-6-2)17-23(28)26(14-8-4)22-10-9-19(15-21(22)24)25(13-7-3)16-20(25)18-27/h5-10,15,18,20H,1-4,11-14,16-17H2/t20-,25-/m1/s1. The van der Waals surface area contributed by atoms with E-state index in [4.69, 9.17) is 0 Å². The van der Waals surface area contributed by atoms with Gasteiger partial charge >= 0.3 is 0 Å². The van der Waals surface area contributed by atoms with Gasteiger partial charge in [0.15, 0.2) is 0 Å². The Bertz CT molecular complexity index is 827. The lowest BCUT2D eigenvalue weighted by Crippen LogP contribution is -2.44. The van der Waals surface area contributed by atoms with Crippen molar-refractivity contribution in [3.05, 3.63) is 79.9 Å². The minimum Gasteiger partial charge on any atom is -0.308 e. The molecule has 2 atom stereocenters. The highest BCUT2D eigenvalue weighted by Gasteiger charge is 2.55. The molecular weight excluding hydrogens is 346 g/mol. The van der Waals surface area contributed by atoms with Gasteiger partial charge in [-0.25, -0.2) is 0 Å². The third kappa shape index (κ3) is 3.09. The molecule has 3 heteroatoms. The Kier molecular flexibility index (Phi) is 5.55. The molecule has 0 radical (unpaired) electrons. The van der Waals surface area contributed by atoms with Gasteiger partial charge in [0.05, 0.1) is 0 Å². The topological polar surface area (TPSA) is 37.4 Å². The maximum absolute atomic E-state index is 13.0. The second-order valence-corrected chi connectivity index (χ2v) is 8.06. The molecular formula is C25H29NO2. The monoisotopic (exact) mass is 375 g/mol. The Morgan fingerprint density at radius 1 is 1.04 bits per heavy atom. The highest BCUT2D eigenvalue weighted by atomic mass is 16.2. The van der Waals surface area contributed by atoms with Gasteiger partial charge < -0.3 is 9.69 Å². The predicted octanol–water partition coefficient (Wildman–Crippen LogP) is 5.03. The lowest BCUT2D eigenvalue weighted by atomic mass is 9.68. The maximum atomic E-state index is 13.0. The van der Waals surface area contributed by atoms with Crippen LogP contribution < -0.4 is 4.90 Å². The van der Waals surface area contributed by atoms with Crippen LogP contribution in [0.3, 0.4) is 0 Å². The van der Waals surface area contributed by atoms with E-state index in [-0.39, 0.29) is 22.7 Å². The number of benzene rings is 1. The summed E-state index contributed by atoms with van der Waals surface area (Å²) in [4.78, 5) is 26.3. The second-order valence-electron chi connectivity index (χ2n) is 8.06. The van der Waals surface area contributed by atoms with Gasteiger partial charge in [0.25, 0.3) is 0 Å². The Morgan fingerprint density at radius 3 is 2.25 bits per heavy atom. The normalized spacial score (nSPS) is 24.8. The predicted molar refractivity (Wildman–Crippen MR) is 116 cm³/mol. The number of amides is 1. The quantitative estimate of drug-likeness (QED) is 0.425. The minimum atomic E-state index is -0.343. The van der Waals surface area contributed by atoms with Crippen molar-refractivity contribution < 1.29 is 9.59 Å². The van der Waals surface area contributed by atoms with E-state index in [0.717, 1.165) is 35.9 Å². The molecule has 1 saturated carbocycles. The third-order valence-electron chi connectivity index (χ3n) is 6.41. The summed E-state index contributed by atoms with van der Waals surface area (Å²) in [6.45, 7) is 16.1. The summed E-state index contributed by atoms with van der Waals surface area (Å²) in [7, 11) is 0. The first-order chi connectivity index (χ1) is 13.5. The molecule has 1 aromatic rings. The van der Waals surface area contributed by atoms with Crippen LogP contribution in [0, 0.1) is 5.92 Å². The van der Waals surface area contributed by atoms with E-state index < -0.39 is 0 Å². The highest BCUT2D eigenvalue weighted by Crippen LogP contribution is 2.57. The lowest BCUT2D eigenvalue weighted by Gasteiger charge is -2.42. The van der Waals surface area contributed by atoms with Crippen LogP contribution in [0.2, 0.25) is 0 Å². The van der Waals surface area contributed by atoms with Gasteiger partial charge in [0, 0.05) is 35.4 Å². The number of aldehydes is 1. The SMILES string of the molecule is C=CCN1C(=O)CC(CC=C)(CC=C)c2cc([C@@]3(CC=C)C[C@@H]3C=O)ccc21. The zero-order valence-electron chi connectivity index (χ0n) is 16.5. The summed E-state index contributed by atoms with van der Waals surface area (Å²) >= 11 is 0. The van der Waals surface area contributed by atoms with Crippen LogP contribution in [0.25, 0.3) is 0 Å². The Morgan fingerprint density at radius 2 is 1.71 bits per heavy atom. The first-order valence-corrected chi connectivity index (χ1v) is 9.86. The molecule has 1 aliphatic carbocycles. The minimum absolute atomic E-state index is 0.0336. The van der Waals surface area contributed by atoms with Crippen molar-refractivity contribution in [2.75, 3.05) is 11.4 Å². The van der Waals surface area contributed by atoms with Crippen LogP contribution in [0.1, 0.15) is 43.2 Å². The zero-order chi connectivity index (χ0) is 20.4. The zero-order valence-corrected chi connectivity index (χ0v) is 16.5. The molecule has 0 bridgehead atoms. The van der Waals surface area contributed by atoms with Crippen molar-refractivity contribution in [1.29, 1.82) is 0 Å². The number of rotatable bonds is 10. The van der Waals surface area contributed by atoms with Gasteiger partial charge in [-0.15, -0.1) is 26.3 Å². The fourth-order valence-electron chi connectivity index (χ4n) is 4.90. The number of carbonyl (C=O) groups is 2. The maximum Gasteiger partial charge on any atom is 0.228 e. The van der Waals surface area contributed by atoms with E-state index in [1.165, 1.54) is 0 Å². The molecule has 28 heavy (non-hydrogen) atoms. The van der Waals surface area contributed by atoms with E-state index in [0.29, 0.717) is 25.8 Å². The van der Waals surface area contributed by atoms with Crippen molar-refractivity contribution in [3.8, 4) is 0 Å². The number of allylic oxidation sites excluding steroid dienone is 3. The summed E-state index contributed by atoms with van der Waals surface area (Å²) in [6, 6.07) is 6.34. The lowest BCUT2D eigenvalue weighted by molar-refractivity contribution is -0.120. The molecule has 146 valence electrons. The second kappa shape index (κ2) is 7.75. The summed E-state index contributed by atoms with van der Waals surface area (Å²) in [5.74, 6) is 0.133. The van der Waals surface area contributed by atoms with Crippen molar-refractivity contribution in [2.24, 2.45) is 5.92 Å². The summed E-state index contributed by atoms with van der Waals surface area (Å²) in [6.07, 6.45) is 12.0. The third-order valence-corrected chi connectivity index (χ3v) is 6.41. The van der Waals surface area contributed by atoms with Crippen LogP contribution in [0.5, 0.6) is 0 Å². The van der Waals surface area contributed by atoms with Crippen LogP contribution in [-0.4, -0.2) is 18.7 Å². The van der Waals surface area contributed by atoms with Crippen molar-refractivity contribution in [2.45, 2.75) is 42.9 Å². The number of carbonyl (C=O) groups excluding carboxylic acids is 2. The van der Waals surface area contributed by atoms with Crippen LogP contribution in [0.15, 0.2) is 68.8 Å². The van der Waals surface area contributed by atoms with Crippen molar-refractivity contribution >= 4 is 17.9 Å². The summed E-state index contributed by atoms with van der Waals surface area (Å²) in [5.41, 5.74) is 2.74. The van der Waals surface area contributed by atoms with Crippen molar-refractivity contribution in [3.63, 3.8) is 0 Å². The van der Waals surface area contributed by atoms with Gasteiger partial charge in [0.1, 0.15) is 6.29 Å². The molecule has 3 nitrogen and oxygen atoms in total. The highest BCUT2D eigenvalue weighted by molar-refractivity contribution is 5.98. The van der Waals surface area contributed by atoms with Gasteiger partial charge in [-0.3, -0.25) is 4.79 Å². The summed E-state index contributed by atoms with van der Waals surface area (Å²) < 4.78 is 0. The first-order valence-electron chi connectivity index (χ1n) is 9.86. The van der Waals surface area contributed by atoms with Gasteiger partial charge in [-0.2, -0.15) is 0 Å². The molecule has 1 amide bonds. The summed E-state index contributed by atoms with van der Waals surface area (Å²) in [5, 5.41) is 0. The number of anilines is 1. The average Bonchev–Trinajstić information content (AvgIpc) is 3.40. The van der Waals surface area contributed by atoms with E-state index >= 15 is 0 Å². The molecule has 0 saturated heterocycles. The van der Waals surface area contributed by atoms with Gasteiger partial charge in [-0.1, -0.05) is 36.4 Å². The van der Waals surface area contributed by atoms with Crippen LogP contribution in [0.4, 0.5) is 5.69 Å². The Hall–Kier alpha value is -2.68. The molecule has 0 N–H and O–H groups in total. The Labute approximate surface area is 168 Å². The average molecular weight is 376 g/mol. The molecule has 0 spiro atoms. The van der Waals surface area contributed by atoms with E-state index in [9.17, 15) is 9.59 Å². The van der Waals surface area contributed by atoms with E-state index in [1.807, 2.05) is 24.3 Å². The number of fused-ring (bicyclic) bond motifs is 1. The number of hydrogen-bond acceptors (Lipinski definition) is 2. The molecule has 3 rings (SSSR count). The number of nitrogens with zero attached hydrogens (tertiary/aromatic N) is 1. The van der Waals surface area contributed by atoms with E-state index in [1.54, 1.807) is 11.0 Å². The first kappa shape index (κ1) is 20.1. The molecule has 0 aromatic heterocycles. The van der Waals surface area contributed by atoms with Gasteiger partial charge in [-0.05, 0) is 42.9 Å². The molecule has 1 heterocycles. The molecule has 1 fully saturated rings. The van der Waals surface area contributed by atoms with Crippen molar-refractivity contribution in [1.82, 2.24) is 0 Å². The fourth-order valence-corrected chi connectivity index (χ4v) is 4.90. The largest absolute Gasteiger partial charge is 0.308 e. The van der Waals surface area contributed by atoms with Crippen LogP contribution in [-0.2, 0) is 20.4 Å². The molecule has 0 unspecified atom stereocenters. The van der Waals surface area contributed by atoms with Crippen LogP contribution >= 0.6 is 0 Å². The molecule has 1 aromatic carbocycles. The van der Waals surface area contributed by atoms with Gasteiger partial charge in [0.2, 0.25) is 5.91 Å². The molecule has 1 aliphatic heterocycles. The van der Waals surface area contributed by atoms with E-state index in [2.05, 4.69) is 38.4 Å². The molecule has 2 aliphatic rings. The number of hydrogen-bond donors (Lipinski definition) is 0. The smallest absolute Gasteiger partial charge is 0.228 e. The fraction of sp³-hybridized carbons (Fsp3) is 0.360. The Balaban J connectivity index is 2.19.